The van der Waals surface area contributed by atoms with Gasteiger partial charge in [0, 0.05) is 17.8 Å². The van der Waals surface area contributed by atoms with E-state index in [-0.39, 0.29) is 24.4 Å². The molecule has 1 aromatic carbocycles. The lowest BCUT2D eigenvalue weighted by molar-refractivity contribution is -0.138. The third kappa shape index (κ3) is 5.80. The van der Waals surface area contributed by atoms with Crippen LogP contribution >= 0.6 is 0 Å². The van der Waals surface area contributed by atoms with Crippen molar-refractivity contribution in [3.63, 3.8) is 0 Å². The van der Waals surface area contributed by atoms with Crippen LogP contribution in [0.2, 0.25) is 0 Å². The van der Waals surface area contributed by atoms with Gasteiger partial charge in [0.25, 0.3) is 0 Å². The van der Waals surface area contributed by atoms with Gasteiger partial charge in [0.15, 0.2) is 0 Å². The summed E-state index contributed by atoms with van der Waals surface area (Å²) in [6.45, 7) is 11.8. The topological polar surface area (TPSA) is 52.7 Å². The second kappa shape index (κ2) is 9.88. The van der Waals surface area contributed by atoms with Crippen molar-refractivity contribution < 1.29 is 9.59 Å². The Morgan fingerprint density at radius 3 is 2.70 bits per heavy atom. The number of benzene rings is 1. The monoisotopic (exact) mass is 373 g/mol. The average Bonchev–Trinajstić information content (AvgIpc) is 2.64. The molecular weight excluding hydrogens is 338 g/mol. The Kier molecular flexibility index (Phi) is 7.84. The maximum absolute atomic E-state index is 13.0. The molecule has 5 heteroatoms. The quantitative estimate of drug-likeness (QED) is 0.792. The highest BCUT2D eigenvalue weighted by Crippen LogP contribution is 2.19. The third-order valence-corrected chi connectivity index (χ3v) is 5.91. The highest BCUT2D eigenvalue weighted by Gasteiger charge is 2.26. The molecule has 2 amide bonds. The van der Waals surface area contributed by atoms with Crippen LogP contribution in [0.3, 0.4) is 0 Å². The fraction of sp³-hybridized carbons (Fsp3) is 0.636. The van der Waals surface area contributed by atoms with E-state index in [0.717, 1.165) is 42.6 Å². The van der Waals surface area contributed by atoms with Crippen LogP contribution in [0.5, 0.6) is 0 Å². The van der Waals surface area contributed by atoms with Crippen molar-refractivity contribution in [3.05, 3.63) is 29.3 Å². The number of amides is 2. The zero-order valence-electron chi connectivity index (χ0n) is 17.5. The molecular formula is C22H35N3O2. The fourth-order valence-electron chi connectivity index (χ4n) is 3.60. The summed E-state index contributed by atoms with van der Waals surface area (Å²) >= 11 is 0. The number of hydrogen-bond donors (Lipinski definition) is 1. The SMILES string of the molecule is CC[C@@H](C)N(CC(=O)Nc1cccc(C)c1C)C(=O)CN1CCCC[C@H]1C. The summed E-state index contributed by atoms with van der Waals surface area (Å²) in [5, 5.41) is 2.98. The normalized spacial score (nSPS) is 18.8. The van der Waals surface area contributed by atoms with Crippen molar-refractivity contribution in [1.29, 1.82) is 0 Å². The second-order valence-corrected chi connectivity index (χ2v) is 7.89. The Morgan fingerprint density at radius 2 is 2.04 bits per heavy atom. The van der Waals surface area contributed by atoms with Crippen LogP contribution < -0.4 is 5.32 Å². The Bertz CT molecular complexity index is 659. The van der Waals surface area contributed by atoms with Gasteiger partial charge in [-0.05, 0) is 70.7 Å². The minimum atomic E-state index is -0.135. The highest BCUT2D eigenvalue weighted by atomic mass is 16.2. The molecule has 0 saturated carbocycles. The molecule has 1 aliphatic rings. The molecule has 150 valence electrons. The van der Waals surface area contributed by atoms with Gasteiger partial charge in [-0.2, -0.15) is 0 Å². The first-order valence-electron chi connectivity index (χ1n) is 10.2. The van der Waals surface area contributed by atoms with E-state index < -0.39 is 0 Å². The number of anilines is 1. The van der Waals surface area contributed by atoms with Crippen LogP contribution in [0.1, 0.15) is 57.6 Å². The molecule has 5 nitrogen and oxygen atoms in total. The number of carbonyl (C=O) groups excluding carboxylic acids is 2. The molecule has 1 fully saturated rings. The molecule has 1 N–H and O–H groups in total. The van der Waals surface area contributed by atoms with Gasteiger partial charge < -0.3 is 10.2 Å². The molecule has 2 atom stereocenters. The second-order valence-electron chi connectivity index (χ2n) is 7.89. The Labute approximate surface area is 164 Å². The number of carbonyl (C=O) groups is 2. The zero-order chi connectivity index (χ0) is 20.0. The van der Waals surface area contributed by atoms with E-state index in [0.29, 0.717) is 12.6 Å². The van der Waals surface area contributed by atoms with Crippen LogP contribution in [0, 0.1) is 13.8 Å². The van der Waals surface area contributed by atoms with Gasteiger partial charge in [-0.1, -0.05) is 25.5 Å². The molecule has 1 aliphatic heterocycles. The summed E-state index contributed by atoms with van der Waals surface area (Å²) in [7, 11) is 0. The van der Waals surface area contributed by atoms with Gasteiger partial charge in [0.1, 0.15) is 6.54 Å². The van der Waals surface area contributed by atoms with Gasteiger partial charge in [0.05, 0.1) is 6.54 Å². The van der Waals surface area contributed by atoms with E-state index in [1.165, 1.54) is 6.42 Å². The highest BCUT2D eigenvalue weighted by molar-refractivity contribution is 5.95. The molecule has 0 spiro atoms. The zero-order valence-corrected chi connectivity index (χ0v) is 17.5. The largest absolute Gasteiger partial charge is 0.330 e. The molecule has 0 aliphatic carbocycles. The van der Waals surface area contributed by atoms with E-state index in [2.05, 4.69) is 24.1 Å². The number of rotatable bonds is 7. The first-order valence-corrected chi connectivity index (χ1v) is 10.2. The summed E-state index contributed by atoms with van der Waals surface area (Å²) in [6, 6.07) is 6.35. The van der Waals surface area contributed by atoms with Gasteiger partial charge in [-0.15, -0.1) is 0 Å². The smallest absolute Gasteiger partial charge is 0.244 e. The van der Waals surface area contributed by atoms with E-state index >= 15 is 0 Å². The molecule has 0 aromatic heterocycles. The summed E-state index contributed by atoms with van der Waals surface area (Å²) < 4.78 is 0. The summed E-state index contributed by atoms with van der Waals surface area (Å²) in [4.78, 5) is 29.6. The molecule has 1 saturated heterocycles. The van der Waals surface area contributed by atoms with Crippen molar-refractivity contribution in [2.45, 2.75) is 72.4 Å². The lowest BCUT2D eigenvalue weighted by Gasteiger charge is -2.36. The van der Waals surface area contributed by atoms with Crippen molar-refractivity contribution in [2.75, 3.05) is 25.0 Å². The summed E-state index contributed by atoms with van der Waals surface area (Å²) in [5.74, 6) is -0.0849. The average molecular weight is 374 g/mol. The van der Waals surface area contributed by atoms with Crippen molar-refractivity contribution in [2.24, 2.45) is 0 Å². The van der Waals surface area contributed by atoms with Gasteiger partial charge in [-0.25, -0.2) is 0 Å². The number of nitrogens with zero attached hydrogens (tertiary/aromatic N) is 2. The van der Waals surface area contributed by atoms with Crippen molar-refractivity contribution in [3.8, 4) is 0 Å². The number of nitrogens with one attached hydrogen (secondary N) is 1. The van der Waals surface area contributed by atoms with Crippen LogP contribution in [0.25, 0.3) is 0 Å². The van der Waals surface area contributed by atoms with Crippen LogP contribution in [0.4, 0.5) is 5.69 Å². The van der Waals surface area contributed by atoms with Crippen molar-refractivity contribution in [1.82, 2.24) is 9.80 Å². The van der Waals surface area contributed by atoms with Gasteiger partial charge in [0.2, 0.25) is 11.8 Å². The Hall–Kier alpha value is -1.88. The molecule has 2 rings (SSSR count). The maximum Gasteiger partial charge on any atom is 0.244 e. The molecule has 1 aromatic rings. The van der Waals surface area contributed by atoms with E-state index in [4.69, 9.17) is 0 Å². The minimum Gasteiger partial charge on any atom is -0.330 e. The van der Waals surface area contributed by atoms with Crippen LogP contribution in [-0.4, -0.2) is 53.3 Å². The number of piperidine rings is 1. The predicted octanol–water partition coefficient (Wildman–Crippen LogP) is 3.74. The Balaban J connectivity index is 2.03. The minimum absolute atomic E-state index is 0.0435. The molecule has 1 heterocycles. The molecule has 0 unspecified atom stereocenters. The first kappa shape index (κ1) is 21.4. The van der Waals surface area contributed by atoms with Crippen molar-refractivity contribution >= 4 is 17.5 Å². The van der Waals surface area contributed by atoms with Crippen LogP contribution in [-0.2, 0) is 9.59 Å². The molecule has 0 bridgehead atoms. The van der Waals surface area contributed by atoms with E-state index in [9.17, 15) is 9.59 Å². The Morgan fingerprint density at radius 1 is 1.30 bits per heavy atom. The van der Waals surface area contributed by atoms with Crippen LogP contribution in [0.15, 0.2) is 18.2 Å². The first-order chi connectivity index (χ1) is 12.8. The van der Waals surface area contributed by atoms with E-state index in [1.807, 2.05) is 39.0 Å². The number of likely N-dealkylation sites (tertiary alicyclic amines) is 1. The standard InChI is InChI=1S/C22H35N3O2/c1-6-17(3)25(22(27)15-24-13-8-7-11-18(24)4)14-21(26)23-20-12-9-10-16(2)19(20)5/h9-10,12,17-18H,6-8,11,13-15H2,1-5H3,(H,23,26)/t17-,18-/m1/s1. The fourth-order valence-corrected chi connectivity index (χ4v) is 3.60. The summed E-state index contributed by atoms with van der Waals surface area (Å²) in [6.07, 6.45) is 4.36. The third-order valence-electron chi connectivity index (χ3n) is 5.91. The lowest BCUT2D eigenvalue weighted by atomic mass is 10.0. The molecule has 27 heavy (non-hydrogen) atoms. The molecule has 0 radical (unpaired) electrons. The van der Waals surface area contributed by atoms with Gasteiger partial charge >= 0.3 is 0 Å². The predicted molar refractivity (Wildman–Crippen MR) is 111 cm³/mol. The lowest BCUT2D eigenvalue weighted by Crippen LogP contribution is -2.50. The van der Waals surface area contributed by atoms with E-state index in [1.54, 1.807) is 4.90 Å². The van der Waals surface area contributed by atoms with Gasteiger partial charge in [-0.3, -0.25) is 14.5 Å². The number of aryl methyl sites for hydroxylation is 1. The number of hydrogen-bond acceptors (Lipinski definition) is 3. The maximum atomic E-state index is 13.0. The summed E-state index contributed by atoms with van der Waals surface area (Å²) in [5.41, 5.74) is 3.03.